The first kappa shape index (κ1) is 14.9. The molecule has 1 amide bonds. The fourth-order valence-electron chi connectivity index (χ4n) is 2.43. The number of fused-ring (bicyclic) bond motifs is 1. The Hall–Kier alpha value is -3.02. The SMILES string of the molecule is COc1ccc([C@@H](C)NC(=O)c2ccc3[nH]nc(N)c3c2)cc1. The van der Waals surface area contributed by atoms with E-state index in [-0.39, 0.29) is 11.9 Å². The molecular weight excluding hydrogens is 292 g/mol. The Bertz CT molecular complexity index is 839. The minimum Gasteiger partial charge on any atom is -0.497 e. The number of carbonyl (C=O) groups is 1. The van der Waals surface area contributed by atoms with E-state index in [1.807, 2.05) is 31.2 Å². The molecule has 0 bridgehead atoms. The summed E-state index contributed by atoms with van der Waals surface area (Å²) in [7, 11) is 1.62. The number of benzene rings is 2. The molecule has 0 saturated carbocycles. The molecule has 6 heteroatoms. The average Bonchev–Trinajstić information content (AvgIpc) is 2.95. The van der Waals surface area contributed by atoms with E-state index < -0.39 is 0 Å². The number of methoxy groups -OCH3 is 1. The average molecular weight is 310 g/mol. The number of carbonyl (C=O) groups excluding carboxylic acids is 1. The van der Waals surface area contributed by atoms with E-state index >= 15 is 0 Å². The molecule has 0 aliphatic carbocycles. The van der Waals surface area contributed by atoms with Crippen LogP contribution in [0.15, 0.2) is 42.5 Å². The predicted octanol–water partition coefficient (Wildman–Crippen LogP) is 2.64. The van der Waals surface area contributed by atoms with Crippen LogP contribution in [0.1, 0.15) is 28.9 Å². The molecule has 0 radical (unpaired) electrons. The normalized spacial score (nSPS) is 12.1. The Morgan fingerprint density at radius 1 is 1.26 bits per heavy atom. The van der Waals surface area contributed by atoms with Crippen LogP contribution in [0.5, 0.6) is 5.75 Å². The lowest BCUT2D eigenvalue weighted by atomic mass is 10.1. The second-order valence-electron chi connectivity index (χ2n) is 5.34. The van der Waals surface area contributed by atoms with Crippen molar-refractivity contribution in [2.24, 2.45) is 0 Å². The maximum atomic E-state index is 12.4. The van der Waals surface area contributed by atoms with E-state index in [1.54, 1.807) is 25.3 Å². The summed E-state index contributed by atoms with van der Waals surface area (Å²) in [6.07, 6.45) is 0. The molecule has 3 aromatic rings. The number of rotatable bonds is 4. The summed E-state index contributed by atoms with van der Waals surface area (Å²) in [6.45, 7) is 1.93. The zero-order valence-electron chi connectivity index (χ0n) is 13.0. The first-order chi connectivity index (χ1) is 11.1. The number of aromatic amines is 1. The van der Waals surface area contributed by atoms with Gasteiger partial charge in [-0.25, -0.2) is 0 Å². The largest absolute Gasteiger partial charge is 0.497 e. The number of nitrogens with zero attached hydrogens (tertiary/aromatic N) is 1. The van der Waals surface area contributed by atoms with E-state index in [4.69, 9.17) is 10.5 Å². The highest BCUT2D eigenvalue weighted by Crippen LogP contribution is 2.21. The summed E-state index contributed by atoms with van der Waals surface area (Å²) in [5.41, 5.74) is 8.14. The number of H-pyrrole nitrogens is 1. The second-order valence-corrected chi connectivity index (χ2v) is 5.34. The van der Waals surface area contributed by atoms with Gasteiger partial charge in [-0.05, 0) is 42.8 Å². The van der Waals surface area contributed by atoms with Crippen molar-refractivity contribution in [2.45, 2.75) is 13.0 Å². The Kier molecular flexibility index (Phi) is 3.89. The van der Waals surface area contributed by atoms with E-state index in [1.165, 1.54) is 0 Å². The molecule has 2 aromatic carbocycles. The van der Waals surface area contributed by atoms with Crippen LogP contribution < -0.4 is 15.8 Å². The summed E-state index contributed by atoms with van der Waals surface area (Å²) in [6, 6.07) is 12.8. The molecule has 1 atom stereocenters. The van der Waals surface area contributed by atoms with Crippen molar-refractivity contribution in [1.29, 1.82) is 0 Å². The zero-order chi connectivity index (χ0) is 16.4. The van der Waals surface area contributed by atoms with E-state index in [9.17, 15) is 4.79 Å². The molecule has 1 aromatic heterocycles. The first-order valence-electron chi connectivity index (χ1n) is 7.27. The highest BCUT2D eigenvalue weighted by atomic mass is 16.5. The number of hydrogen-bond donors (Lipinski definition) is 3. The van der Waals surface area contributed by atoms with E-state index in [0.717, 1.165) is 22.2 Å². The van der Waals surface area contributed by atoms with Gasteiger partial charge < -0.3 is 15.8 Å². The number of anilines is 1. The van der Waals surface area contributed by atoms with Crippen LogP contribution >= 0.6 is 0 Å². The summed E-state index contributed by atoms with van der Waals surface area (Å²) >= 11 is 0. The van der Waals surface area contributed by atoms with Gasteiger partial charge in [0.15, 0.2) is 5.82 Å². The van der Waals surface area contributed by atoms with Crippen LogP contribution in [0, 0.1) is 0 Å². The molecular formula is C17H18N4O2. The lowest BCUT2D eigenvalue weighted by molar-refractivity contribution is 0.0940. The van der Waals surface area contributed by atoms with Crippen LogP contribution in [0.25, 0.3) is 10.9 Å². The third kappa shape index (κ3) is 2.96. The Labute approximate surface area is 133 Å². The zero-order valence-corrected chi connectivity index (χ0v) is 13.0. The van der Waals surface area contributed by atoms with E-state index in [2.05, 4.69) is 15.5 Å². The van der Waals surface area contributed by atoms with Crippen LogP contribution in [-0.4, -0.2) is 23.2 Å². The van der Waals surface area contributed by atoms with Gasteiger partial charge in [0.05, 0.1) is 18.7 Å². The van der Waals surface area contributed by atoms with Gasteiger partial charge in [0.25, 0.3) is 5.91 Å². The standard InChI is InChI=1S/C17H18N4O2/c1-10(11-3-6-13(23-2)7-4-11)19-17(22)12-5-8-15-14(9-12)16(18)21-20-15/h3-10H,1-2H3,(H,19,22)(H3,18,20,21)/t10-/m1/s1. The Morgan fingerprint density at radius 3 is 2.70 bits per heavy atom. The molecule has 6 nitrogen and oxygen atoms in total. The Morgan fingerprint density at radius 2 is 2.00 bits per heavy atom. The molecule has 3 rings (SSSR count). The fraction of sp³-hybridized carbons (Fsp3) is 0.176. The molecule has 23 heavy (non-hydrogen) atoms. The van der Waals surface area contributed by atoms with Gasteiger partial charge in [0, 0.05) is 10.9 Å². The molecule has 0 aliphatic heterocycles. The smallest absolute Gasteiger partial charge is 0.251 e. The maximum Gasteiger partial charge on any atom is 0.251 e. The summed E-state index contributed by atoms with van der Waals surface area (Å²) in [5.74, 6) is 1.02. The molecule has 0 unspecified atom stereocenters. The number of nitrogens with two attached hydrogens (primary N) is 1. The summed E-state index contributed by atoms with van der Waals surface area (Å²) in [4.78, 5) is 12.4. The van der Waals surface area contributed by atoms with Crippen LogP contribution in [0.4, 0.5) is 5.82 Å². The van der Waals surface area contributed by atoms with Crippen LogP contribution in [0.2, 0.25) is 0 Å². The van der Waals surface area contributed by atoms with Gasteiger partial charge in [-0.15, -0.1) is 0 Å². The van der Waals surface area contributed by atoms with Gasteiger partial charge in [0.2, 0.25) is 0 Å². The summed E-state index contributed by atoms with van der Waals surface area (Å²) in [5, 5.41) is 10.5. The lowest BCUT2D eigenvalue weighted by Crippen LogP contribution is -2.26. The monoisotopic (exact) mass is 310 g/mol. The van der Waals surface area contributed by atoms with Crippen LogP contribution in [-0.2, 0) is 0 Å². The minimum absolute atomic E-state index is 0.120. The second kappa shape index (κ2) is 6.00. The molecule has 0 fully saturated rings. The van der Waals surface area contributed by atoms with Gasteiger partial charge >= 0.3 is 0 Å². The molecule has 0 saturated heterocycles. The van der Waals surface area contributed by atoms with Crippen molar-refractivity contribution in [1.82, 2.24) is 15.5 Å². The molecule has 0 aliphatic rings. The highest BCUT2D eigenvalue weighted by molar-refractivity contribution is 6.00. The number of aromatic nitrogens is 2. The molecule has 118 valence electrons. The lowest BCUT2D eigenvalue weighted by Gasteiger charge is -2.15. The van der Waals surface area contributed by atoms with Gasteiger partial charge in [-0.2, -0.15) is 5.10 Å². The third-order valence-corrected chi connectivity index (χ3v) is 3.82. The number of nitrogen functional groups attached to an aromatic ring is 1. The first-order valence-corrected chi connectivity index (χ1v) is 7.27. The topological polar surface area (TPSA) is 93.0 Å². The molecule has 1 heterocycles. The van der Waals surface area contributed by atoms with Gasteiger partial charge in [0.1, 0.15) is 5.75 Å². The third-order valence-electron chi connectivity index (χ3n) is 3.82. The summed E-state index contributed by atoms with van der Waals surface area (Å²) < 4.78 is 5.14. The number of amides is 1. The minimum atomic E-state index is -0.157. The maximum absolute atomic E-state index is 12.4. The van der Waals surface area contributed by atoms with Crippen LogP contribution in [0.3, 0.4) is 0 Å². The van der Waals surface area contributed by atoms with Crippen molar-refractivity contribution in [3.8, 4) is 5.75 Å². The van der Waals surface area contributed by atoms with Crippen molar-refractivity contribution in [3.05, 3.63) is 53.6 Å². The number of ether oxygens (including phenoxy) is 1. The van der Waals surface area contributed by atoms with E-state index in [0.29, 0.717) is 11.4 Å². The molecule has 4 N–H and O–H groups in total. The Balaban J connectivity index is 1.77. The number of hydrogen-bond acceptors (Lipinski definition) is 4. The highest BCUT2D eigenvalue weighted by Gasteiger charge is 2.13. The fourth-order valence-corrected chi connectivity index (χ4v) is 2.43. The van der Waals surface area contributed by atoms with Gasteiger partial charge in [-0.1, -0.05) is 12.1 Å². The predicted molar refractivity (Wildman–Crippen MR) is 89.4 cm³/mol. The number of nitrogens with one attached hydrogen (secondary N) is 2. The molecule has 0 spiro atoms. The quantitative estimate of drug-likeness (QED) is 0.690. The van der Waals surface area contributed by atoms with Crippen molar-refractivity contribution in [2.75, 3.05) is 12.8 Å². The van der Waals surface area contributed by atoms with Crippen molar-refractivity contribution in [3.63, 3.8) is 0 Å². The van der Waals surface area contributed by atoms with Gasteiger partial charge in [-0.3, -0.25) is 9.89 Å². The van der Waals surface area contributed by atoms with Crippen molar-refractivity contribution >= 4 is 22.6 Å². The van der Waals surface area contributed by atoms with Crippen molar-refractivity contribution < 1.29 is 9.53 Å².